The number of methoxy groups -OCH3 is 1. The van der Waals surface area contributed by atoms with E-state index in [2.05, 4.69) is 9.97 Å². The van der Waals surface area contributed by atoms with Crippen molar-refractivity contribution < 1.29 is 24.2 Å². The van der Waals surface area contributed by atoms with E-state index in [9.17, 15) is 19.5 Å². The summed E-state index contributed by atoms with van der Waals surface area (Å²) in [5.74, 6) is -0.666. The summed E-state index contributed by atoms with van der Waals surface area (Å²) in [5.41, 5.74) is 17.7. The Balaban J connectivity index is 1.68. The fourth-order valence-corrected chi connectivity index (χ4v) is 9.98. The fourth-order valence-electron chi connectivity index (χ4n) is 5.06. The molecule has 0 fully saturated rings. The van der Waals surface area contributed by atoms with E-state index in [1.54, 1.807) is 36.5 Å². The number of carboxylic acids is 1. The first-order chi connectivity index (χ1) is 20.0. The number of hydrogen-bond donors (Lipinski definition) is 4. The number of carboxylic acid groups (broad SMARTS) is 1. The molecule has 0 aliphatic rings. The minimum absolute atomic E-state index is 0.0295. The molecule has 0 spiro atoms. The number of aromatic carboxylic acids is 1. The van der Waals surface area contributed by atoms with Crippen LogP contribution in [0.4, 0.5) is 0 Å². The third kappa shape index (κ3) is 6.81. The Hall–Kier alpha value is -4.20. The van der Waals surface area contributed by atoms with Gasteiger partial charge in [-0.2, -0.15) is 0 Å². The molecule has 42 heavy (non-hydrogen) atoms. The van der Waals surface area contributed by atoms with Gasteiger partial charge in [0.15, 0.2) is 0 Å². The van der Waals surface area contributed by atoms with Crippen molar-refractivity contribution in [3.05, 3.63) is 106 Å². The van der Waals surface area contributed by atoms with Crippen molar-refractivity contribution >= 4 is 31.1 Å². The Labute approximate surface area is 249 Å². The van der Waals surface area contributed by atoms with Crippen molar-refractivity contribution in [1.82, 2.24) is 9.97 Å². The van der Waals surface area contributed by atoms with E-state index in [-0.39, 0.29) is 20.6 Å². The maximum absolute atomic E-state index is 14.2. The molecular weight excluding hydrogens is 595 g/mol. The number of rotatable bonds is 12. The van der Waals surface area contributed by atoms with E-state index < -0.39 is 32.6 Å². The van der Waals surface area contributed by atoms with E-state index in [1.165, 1.54) is 7.11 Å². The van der Waals surface area contributed by atoms with Crippen LogP contribution in [0.15, 0.2) is 66.9 Å². The summed E-state index contributed by atoms with van der Waals surface area (Å²) in [6.45, 7) is 5.74. The monoisotopic (exact) mass is 630 g/mol. The molecule has 3 atom stereocenters. The van der Waals surface area contributed by atoms with E-state index >= 15 is 0 Å². The molecule has 3 aromatic carbocycles. The second-order valence-corrected chi connectivity index (χ2v) is 15.5. The molecule has 3 unspecified atom stereocenters. The number of amides is 1. The molecule has 6 N–H and O–H groups in total. The Morgan fingerprint density at radius 3 is 2.31 bits per heavy atom. The molecule has 1 amide bonds. The average Bonchev–Trinajstić information content (AvgIpc) is 3.47. The number of aryl methyl sites for hydroxylation is 2. The van der Waals surface area contributed by atoms with Gasteiger partial charge >= 0.3 is 250 Å². The van der Waals surface area contributed by atoms with Crippen molar-refractivity contribution in [3.63, 3.8) is 0 Å². The summed E-state index contributed by atoms with van der Waals surface area (Å²) in [7, 11) is 1.42. The van der Waals surface area contributed by atoms with Crippen LogP contribution in [0.25, 0.3) is 11.3 Å². The second kappa shape index (κ2) is 13.2. The van der Waals surface area contributed by atoms with Crippen LogP contribution < -0.4 is 16.2 Å². The molecule has 1 aromatic heterocycles. The molecule has 10 heteroatoms. The number of aromatic nitrogens is 2. The molecule has 0 saturated heterocycles. The number of imidazole rings is 1. The normalized spacial score (nSPS) is 13.3. The number of carbonyl (C=O) groups is 3. The molecule has 0 radical (unpaired) electrons. The van der Waals surface area contributed by atoms with Crippen molar-refractivity contribution in [2.75, 3.05) is 7.11 Å². The molecule has 4 aromatic rings. The van der Waals surface area contributed by atoms with Crippen molar-refractivity contribution in [2.24, 2.45) is 11.5 Å². The predicted octanol–water partition coefficient (Wildman–Crippen LogP) is 4.10. The molecule has 0 saturated carbocycles. The quantitative estimate of drug-likeness (QED) is 0.171. The van der Waals surface area contributed by atoms with Crippen LogP contribution >= 0.6 is 0 Å². The zero-order valence-corrected chi connectivity index (χ0v) is 25.9. The van der Waals surface area contributed by atoms with Gasteiger partial charge in [0.05, 0.1) is 0 Å². The van der Waals surface area contributed by atoms with Gasteiger partial charge in [-0.1, -0.05) is 0 Å². The van der Waals surface area contributed by atoms with Crippen LogP contribution in [-0.4, -0.2) is 59.3 Å². The SMILES string of the molecule is COc1ccc(C[As](C(=O)C(N)Cc2c(C)cc(C(N)=O)cc2C)C(C)c2ncc(-c3ccccc3)[nH]2)cc1C(=O)O. The third-order valence-electron chi connectivity index (χ3n) is 7.40. The van der Waals surface area contributed by atoms with Crippen LogP contribution in [0, 0.1) is 13.8 Å². The zero-order valence-electron chi connectivity index (χ0n) is 24.0. The van der Waals surface area contributed by atoms with Crippen molar-refractivity contribution in [2.45, 2.75) is 43.1 Å². The number of nitrogens with zero attached hydrogens (tertiary/aromatic N) is 1. The second-order valence-electron chi connectivity index (χ2n) is 10.3. The summed E-state index contributed by atoms with van der Waals surface area (Å²) >= 11 is -2.55. The van der Waals surface area contributed by atoms with E-state index in [0.717, 1.165) is 33.5 Å². The number of carbonyl (C=O) groups excluding carboxylic acids is 2. The van der Waals surface area contributed by atoms with Gasteiger partial charge in [0, 0.05) is 0 Å². The van der Waals surface area contributed by atoms with Gasteiger partial charge < -0.3 is 0 Å². The van der Waals surface area contributed by atoms with Gasteiger partial charge in [-0.05, 0) is 0 Å². The topological polar surface area (TPSA) is 161 Å². The van der Waals surface area contributed by atoms with Crippen LogP contribution in [0.1, 0.15) is 60.4 Å². The fraction of sp³-hybridized carbons (Fsp3) is 0.250. The van der Waals surface area contributed by atoms with Crippen molar-refractivity contribution in [1.29, 1.82) is 0 Å². The first-order valence-electron chi connectivity index (χ1n) is 13.5. The number of nitrogens with two attached hydrogens (primary N) is 2. The van der Waals surface area contributed by atoms with E-state index in [0.29, 0.717) is 23.0 Å². The summed E-state index contributed by atoms with van der Waals surface area (Å²) in [6.07, 6.45) is 2.07. The number of ether oxygens (including phenoxy) is 1. The van der Waals surface area contributed by atoms with Gasteiger partial charge in [0.25, 0.3) is 0 Å². The molecule has 1 heterocycles. The summed E-state index contributed by atoms with van der Waals surface area (Å²) in [4.78, 5) is 45.8. The van der Waals surface area contributed by atoms with Crippen LogP contribution in [0.5, 0.6) is 5.75 Å². The Morgan fingerprint density at radius 1 is 1.05 bits per heavy atom. The summed E-state index contributed by atoms with van der Waals surface area (Å²) in [6, 6.07) is 17.4. The summed E-state index contributed by atoms with van der Waals surface area (Å²) in [5, 5.41) is 10.1. The number of aromatic amines is 1. The molecular formula is C32H35AsN4O5. The predicted molar refractivity (Wildman–Crippen MR) is 163 cm³/mol. The van der Waals surface area contributed by atoms with Gasteiger partial charge in [-0.15, -0.1) is 0 Å². The first kappa shape index (κ1) is 30.8. The Morgan fingerprint density at radius 2 is 1.71 bits per heavy atom. The average molecular weight is 631 g/mol. The maximum atomic E-state index is 14.2. The van der Waals surface area contributed by atoms with Gasteiger partial charge in [-0.3, -0.25) is 0 Å². The molecule has 218 valence electrons. The van der Waals surface area contributed by atoms with Gasteiger partial charge in [-0.25, -0.2) is 0 Å². The molecule has 0 aliphatic carbocycles. The molecule has 0 bridgehead atoms. The zero-order chi connectivity index (χ0) is 30.6. The van der Waals surface area contributed by atoms with Gasteiger partial charge in [0.2, 0.25) is 0 Å². The Bertz CT molecular complexity index is 1600. The van der Waals surface area contributed by atoms with E-state index in [1.807, 2.05) is 51.1 Å². The molecule has 4 rings (SSSR count). The van der Waals surface area contributed by atoms with E-state index in [4.69, 9.17) is 16.2 Å². The van der Waals surface area contributed by atoms with Crippen molar-refractivity contribution in [3.8, 4) is 17.0 Å². The summed E-state index contributed by atoms with van der Waals surface area (Å²) < 4.78 is 4.98. The number of hydrogen-bond acceptors (Lipinski definition) is 6. The Kier molecular flexibility index (Phi) is 9.66. The van der Waals surface area contributed by atoms with Crippen LogP contribution in [-0.2, 0) is 16.4 Å². The number of primary amides is 1. The molecule has 0 aliphatic heterocycles. The van der Waals surface area contributed by atoms with Gasteiger partial charge in [0.1, 0.15) is 0 Å². The standard InChI is InChI=1S/C32H35AsN4O5/c1-18-12-23(30(35)39)13-19(2)24(18)15-26(34)29(38)33(16-21-10-11-28(42-4)25(14-21)32(40)41)20(3)31-36-17-27(37-31)22-8-6-5-7-9-22/h5-14,17,20,26H,15-16,34H2,1-4H3,(H2,35,39)(H,36,37)(H,40,41). The van der Waals surface area contributed by atoms with Crippen LogP contribution in [0.3, 0.4) is 0 Å². The van der Waals surface area contributed by atoms with Crippen LogP contribution in [0.2, 0.25) is 0 Å². The molecule has 9 nitrogen and oxygen atoms in total. The third-order valence-corrected chi connectivity index (χ3v) is 13.2. The number of benzene rings is 3. The number of nitrogens with one attached hydrogen (secondary N) is 1. The minimum atomic E-state index is -2.55. The number of H-pyrrole nitrogens is 1. The first-order valence-corrected chi connectivity index (χ1v) is 16.8.